The summed E-state index contributed by atoms with van der Waals surface area (Å²) in [5.74, 6) is 0.899. The molecule has 0 spiro atoms. The summed E-state index contributed by atoms with van der Waals surface area (Å²) in [4.78, 5) is 4.28. The molecule has 0 saturated carbocycles. The predicted octanol–water partition coefficient (Wildman–Crippen LogP) is 3.75. The van der Waals surface area contributed by atoms with Crippen molar-refractivity contribution in [3.63, 3.8) is 0 Å². The second kappa shape index (κ2) is 8.96. The summed E-state index contributed by atoms with van der Waals surface area (Å²) in [5, 5.41) is 3.12. The van der Waals surface area contributed by atoms with E-state index >= 15 is 0 Å². The van der Waals surface area contributed by atoms with Gasteiger partial charge in [-0.2, -0.15) is 0 Å². The van der Waals surface area contributed by atoms with Crippen LogP contribution >= 0.6 is 0 Å². The van der Waals surface area contributed by atoms with Crippen molar-refractivity contribution in [2.45, 2.75) is 26.4 Å². The summed E-state index contributed by atoms with van der Waals surface area (Å²) < 4.78 is 5.58. The Hall–Kier alpha value is -2.33. The first-order chi connectivity index (χ1) is 11.1. The van der Waals surface area contributed by atoms with E-state index < -0.39 is 0 Å². The van der Waals surface area contributed by atoms with E-state index in [1.807, 2.05) is 42.5 Å². The van der Waals surface area contributed by atoms with Crippen LogP contribution in [0.4, 0.5) is 5.69 Å². The Bertz CT molecular complexity index is 624. The van der Waals surface area contributed by atoms with E-state index in [9.17, 15) is 0 Å². The summed E-state index contributed by atoms with van der Waals surface area (Å²) in [6.07, 6.45) is 0. The Balaban J connectivity index is 1.74. The molecule has 122 valence electrons. The molecule has 0 bridgehead atoms. The van der Waals surface area contributed by atoms with Crippen molar-refractivity contribution in [1.29, 1.82) is 0 Å². The topological polar surface area (TPSA) is 59.6 Å². The lowest BCUT2D eigenvalue weighted by molar-refractivity contribution is 0.128. The molecule has 23 heavy (non-hydrogen) atoms. The monoisotopic (exact) mass is 311 g/mol. The molecular weight excluding hydrogens is 286 g/mol. The van der Waals surface area contributed by atoms with Gasteiger partial charge in [-0.05, 0) is 29.2 Å². The molecule has 0 atom stereocenters. The van der Waals surface area contributed by atoms with Gasteiger partial charge in [0, 0.05) is 5.69 Å². The molecule has 0 unspecified atom stereocenters. The molecule has 0 aliphatic carbocycles. The quantitative estimate of drug-likeness (QED) is 0.465. The van der Waals surface area contributed by atoms with Crippen molar-refractivity contribution in [2.75, 3.05) is 18.5 Å². The van der Waals surface area contributed by atoms with Crippen molar-refractivity contribution in [1.82, 2.24) is 0 Å². The highest BCUT2D eigenvalue weighted by atomic mass is 16.5. The van der Waals surface area contributed by atoms with Gasteiger partial charge in [-0.15, -0.1) is 0 Å². The first-order valence-corrected chi connectivity index (χ1v) is 7.93. The molecule has 0 aromatic heterocycles. The number of nitrogens with one attached hydrogen (secondary N) is 1. The van der Waals surface area contributed by atoms with Crippen molar-refractivity contribution in [3.05, 3.63) is 65.7 Å². The normalized spacial score (nSPS) is 11.7. The first-order valence-electron chi connectivity index (χ1n) is 7.93. The van der Waals surface area contributed by atoms with Crippen LogP contribution in [-0.4, -0.2) is 19.1 Å². The van der Waals surface area contributed by atoms with Crippen LogP contribution in [0.25, 0.3) is 0 Å². The minimum Gasteiger partial charge on any atom is -0.375 e. The number of hydrogen-bond acceptors (Lipinski definition) is 2. The number of rotatable bonds is 7. The maximum Gasteiger partial charge on any atom is 0.193 e. The molecule has 4 nitrogen and oxygen atoms in total. The first kappa shape index (κ1) is 17.0. The smallest absolute Gasteiger partial charge is 0.193 e. The van der Waals surface area contributed by atoms with Gasteiger partial charge in [0.15, 0.2) is 5.96 Å². The van der Waals surface area contributed by atoms with E-state index in [-0.39, 0.29) is 0 Å². The van der Waals surface area contributed by atoms with Crippen molar-refractivity contribution in [3.8, 4) is 0 Å². The number of aliphatic imine (C=N–C) groups is 1. The SMILES string of the molecule is CC(C)c1cccc(NC(N)=NCCOCc2ccccc2)c1. The van der Waals surface area contributed by atoms with Crippen LogP contribution in [-0.2, 0) is 11.3 Å². The van der Waals surface area contributed by atoms with Crippen molar-refractivity contribution >= 4 is 11.6 Å². The molecule has 3 N–H and O–H groups in total. The van der Waals surface area contributed by atoms with Gasteiger partial charge in [0.25, 0.3) is 0 Å². The van der Waals surface area contributed by atoms with Gasteiger partial charge in [-0.25, -0.2) is 0 Å². The minimum absolute atomic E-state index is 0.411. The third kappa shape index (κ3) is 6.12. The van der Waals surface area contributed by atoms with E-state index in [0.717, 1.165) is 11.3 Å². The number of hydrogen-bond donors (Lipinski definition) is 2. The van der Waals surface area contributed by atoms with Crippen LogP contribution in [0.5, 0.6) is 0 Å². The fourth-order valence-electron chi connectivity index (χ4n) is 2.16. The van der Waals surface area contributed by atoms with Crippen LogP contribution < -0.4 is 11.1 Å². The largest absolute Gasteiger partial charge is 0.375 e. The lowest BCUT2D eigenvalue weighted by Crippen LogP contribution is -2.23. The fourth-order valence-corrected chi connectivity index (χ4v) is 2.16. The summed E-state index contributed by atoms with van der Waals surface area (Å²) >= 11 is 0. The van der Waals surface area contributed by atoms with Gasteiger partial charge < -0.3 is 15.8 Å². The Labute approximate surface area is 138 Å². The van der Waals surface area contributed by atoms with Crippen molar-refractivity contribution in [2.24, 2.45) is 10.7 Å². The molecule has 0 radical (unpaired) electrons. The zero-order chi connectivity index (χ0) is 16.5. The highest BCUT2D eigenvalue weighted by Gasteiger charge is 2.01. The molecule has 2 aromatic carbocycles. The third-order valence-corrected chi connectivity index (χ3v) is 3.46. The predicted molar refractivity (Wildman–Crippen MR) is 96.7 cm³/mol. The minimum atomic E-state index is 0.411. The molecule has 0 heterocycles. The standard InChI is InChI=1S/C19H25N3O/c1-15(2)17-9-6-10-18(13-17)22-19(20)21-11-12-23-14-16-7-4-3-5-8-16/h3-10,13,15H,11-12,14H2,1-2H3,(H3,20,21,22). The van der Waals surface area contributed by atoms with Gasteiger partial charge in [0.05, 0.1) is 19.8 Å². The maximum absolute atomic E-state index is 5.91. The van der Waals surface area contributed by atoms with E-state index in [2.05, 4.69) is 36.3 Å². The lowest BCUT2D eigenvalue weighted by Gasteiger charge is -2.10. The number of guanidine groups is 1. The van der Waals surface area contributed by atoms with E-state index in [1.165, 1.54) is 5.56 Å². The molecule has 0 fully saturated rings. The highest BCUT2D eigenvalue weighted by Crippen LogP contribution is 2.18. The van der Waals surface area contributed by atoms with Gasteiger partial charge in [-0.3, -0.25) is 4.99 Å². The molecule has 2 rings (SSSR count). The van der Waals surface area contributed by atoms with Gasteiger partial charge in [0.2, 0.25) is 0 Å². The van der Waals surface area contributed by atoms with Crippen LogP contribution in [0.3, 0.4) is 0 Å². The van der Waals surface area contributed by atoms with E-state index in [4.69, 9.17) is 10.5 Å². The summed E-state index contributed by atoms with van der Waals surface area (Å²) in [6, 6.07) is 18.3. The van der Waals surface area contributed by atoms with Crippen molar-refractivity contribution < 1.29 is 4.74 Å². The zero-order valence-electron chi connectivity index (χ0n) is 13.8. The van der Waals surface area contributed by atoms with E-state index in [0.29, 0.717) is 31.6 Å². The summed E-state index contributed by atoms with van der Waals surface area (Å²) in [7, 11) is 0. The second-order valence-electron chi connectivity index (χ2n) is 5.71. The molecule has 0 saturated heterocycles. The van der Waals surface area contributed by atoms with E-state index in [1.54, 1.807) is 0 Å². The molecule has 2 aromatic rings. The Morgan fingerprint density at radius 1 is 1.13 bits per heavy atom. The molecule has 0 aliphatic heterocycles. The lowest BCUT2D eigenvalue weighted by atomic mass is 10.0. The Morgan fingerprint density at radius 3 is 2.65 bits per heavy atom. The zero-order valence-corrected chi connectivity index (χ0v) is 13.8. The number of anilines is 1. The molecule has 4 heteroatoms. The molecule has 0 amide bonds. The number of ether oxygens (including phenoxy) is 1. The van der Waals surface area contributed by atoms with Crippen LogP contribution in [0.15, 0.2) is 59.6 Å². The second-order valence-corrected chi connectivity index (χ2v) is 5.71. The Kier molecular flexibility index (Phi) is 6.63. The van der Waals surface area contributed by atoms with Gasteiger partial charge >= 0.3 is 0 Å². The third-order valence-electron chi connectivity index (χ3n) is 3.46. The number of nitrogens with two attached hydrogens (primary N) is 1. The molecule has 0 aliphatic rings. The fraction of sp³-hybridized carbons (Fsp3) is 0.316. The summed E-state index contributed by atoms with van der Waals surface area (Å²) in [6.45, 7) is 6.01. The van der Waals surface area contributed by atoms with Crippen LogP contribution in [0.1, 0.15) is 30.9 Å². The van der Waals surface area contributed by atoms with Crippen LogP contribution in [0, 0.1) is 0 Å². The number of nitrogens with zero attached hydrogens (tertiary/aromatic N) is 1. The highest BCUT2D eigenvalue weighted by molar-refractivity contribution is 5.92. The average molecular weight is 311 g/mol. The maximum atomic E-state index is 5.91. The molecular formula is C19H25N3O. The van der Waals surface area contributed by atoms with Crippen LogP contribution in [0.2, 0.25) is 0 Å². The van der Waals surface area contributed by atoms with Gasteiger partial charge in [0.1, 0.15) is 0 Å². The van der Waals surface area contributed by atoms with Gasteiger partial charge in [-0.1, -0.05) is 56.3 Å². The Morgan fingerprint density at radius 2 is 1.91 bits per heavy atom. The average Bonchev–Trinajstić information content (AvgIpc) is 2.55. The number of benzene rings is 2. The summed E-state index contributed by atoms with van der Waals surface area (Å²) in [5.41, 5.74) is 9.30.